The summed E-state index contributed by atoms with van der Waals surface area (Å²) < 4.78 is 17.2. The first kappa shape index (κ1) is 15.9. The maximum atomic E-state index is 12.2. The van der Waals surface area contributed by atoms with Crippen molar-refractivity contribution in [2.24, 2.45) is 0 Å². The Balaban J connectivity index is 2.23. The van der Waals surface area contributed by atoms with Crippen molar-refractivity contribution in [1.82, 2.24) is 4.90 Å². The van der Waals surface area contributed by atoms with Gasteiger partial charge >= 0.3 is 6.09 Å². The second-order valence-electron chi connectivity index (χ2n) is 5.84. The van der Waals surface area contributed by atoms with Gasteiger partial charge in [0.15, 0.2) is 0 Å². The molecule has 1 aliphatic rings. The number of rotatable bonds is 1. The zero-order chi connectivity index (χ0) is 15.6. The minimum Gasteiger partial charge on any atom is -0.497 e. The largest absolute Gasteiger partial charge is 0.497 e. The molecule has 1 amide bonds. The Kier molecular flexibility index (Phi) is 4.66. The van der Waals surface area contributed by atoms with Crippen LogP contribution in [0, 0.1) is 0 Å². The molecule has 0 spiro atoms. The van der Waals surface area contributed by atoms with Crippen LogP contribution in [0.3, 0.4) is 0 Å². The summed E-state index contributed by atoms with van der Waals surface area (Å²) in [6.07, 6.45) is -0.332. The van der Waals surface area contributed by atoms with Crippen LogP contribution in [0.15, 0.2) is 16.6 Å². The van der Waals surface area contributed by atoms with Crippen LogP contribution < -0.4 is 9.47 Å². The second kappa shape index (κ2) is 6.13. The lowest BCUT2D eigenvalue weighted by atomic mass is 10.2. The lowest BCUT2D eigenvalue weighted by Gasteiger charge is -2.26. The average molecular weight is 358 g/mol. The molecule has 0 N–H and O–H groups in total. The fourth-order valence-electron chi connectivity index (χ4n) is 2.01. The van der Waals surface area contributed by atoms with Crippen molar-refractivity contribution in [3.63, 3.8) is 0 Å². The molecule has 116 valence electrons. The normalized spacial score (nSPS) is 14.8. The van der Waals surface area contributed by atoms with E-state index in [2.05, 4.69) is 15.9 Å². The van der Waals surface area contributed by atoms with Crippen molar-refractivity contribution in [3.05, 3.63) is 22.2 Å². The molecule has 6 heteroatoms. The van der Waals surface area contributed by atoms with Gasteiger partial charge in [0, 0.05) is 16.1 Å². The first-order valence-electron chi connectivity index (χ1n) is 6.77. The van der Waals surface area contributed by atoms with Gasteiger partial charge in [-0.3, -0.25) is 0 Å². The minimum absolute atomic E-state index is 0.332. The van der Waals surface area contributed by atoms with Crippen LogP contribution in [-0.4, -0.2) is 36.9 Å². The molecule has 0 radical (unpaired) electrons. The molecule has 0 saturated carbocycles. The number of halogens is 1. The second-order valence-corrected chi connectivity index (χ2v) is 6.69. The maximum Gasteiger partial charge on any atom is 0.410 e. The lowest BCUT2D eigenvalue weighted by Crippen LogP contribution is -2.37. The Hall–Kier alpha value is -1.43. The smallest absolute Gasteiger partial charge is 0.410 e. The predicted octanol–water partition coefficient (Wildman–Crippen LogP) is 3.59. The topological polar surface area (TPSA) is 48.0 Å². The number of methoxy groups -OCH3 is 1. The van der Waals surface area contributed by atoms with E-state index in [1.165, 1.54) is 0 Å². The first-order valence-corrected chi connectivity index (χ1v) is 7.56. The fraction of sp³-hybridized carbons (Fsp3) is 0.533. The van der Waals surface area contributed by atoms with Crippen LogP contribution in [0.1, 0.15) is 26.3 Å². The third kappa shape index (κ3) is 4.03. The molecule has 0 fully saturated rings. The summed E-state index contributed by atoms with van der Waals surface area (Å²) in [7, 11) is 1.61. The molecule has 5 nitrogen and oxygen atoms in total. The SMILES string of the molecule is COc1cc(Br)c2c(c1)OCCN(C(=O)OC(C)(C)C)C2. The average Bonchev–Trinajstić information content (AvgIpc) is 2.59. The number of hydrogen-bond donors (Lipinski definition) is 0. The van der Waals surface area contributed by atoms with E-state index >= 15 is 0 Å². The van der Waals surface area contributed by atoms with Crippen LogP contribution in [0.25, 0.3) is 0 Å². The molecule has 0 unspecified atom stereocenters. The molecule has 0 aromatic heterocycles. The van der Waals surface area contributed by atoms with Gasteiger partial charge in [0.1, 0.15) is 23.7 Å². The summed E-state index contributed by atoms with van der Waals surface area (Å²) in [5.74, 6) is 1.44. The van der Waals surface area contributed by atoms with Gasteiger partial charge in [-0.25, -0.2) is 4.79 Å². The molecule has 0 aliphatic carbocycles. The number of hydrogen-bond acceptors (Lipinski definition) is 4. The Morgan fingerprint density at radius 1 is 1.38 bits per heavy atom. The number of ether oxygens (including phenoxy) is 3. The summed E-state index contributed by atoms with van der Waals surface area (Å²) >= 11 is 3.51. The first-order chi connectivity index (χ1) is 9.80. The minimum atomic E-state index is -0.510. The number of amides is 1. The molecule has 2 rings (SSSR count). The van der Waals surface area contributed by atoms with Crippen molar-refractivity contribution in [2.45, 2.75) is 32.9 Å². The van der Waals surface area contributed by atoms with Crippen molar-refractivity contribution in [1.29, 1.82) is 0 Å². The Morgan fingerprint density at radius 2 is 2.10 bits per heavy atom. The van der Waals surface area contributed by atoms with E-state index in [4.69, 9.17) is 14.2 Å². The van der Waals surface area contributed by atoms with Gasteiger partial charge in [0.2, 0.25) is 0 Å². The highest BCUT2D eigenvalue weighted by atomic mass is 79.9. The molecule has 0 bridgehead atoms. The highest BCUT2D eigenvalue weighted by Crippen LogP contribution is 2.35. The molecular weight excluding hydrogens is 338 g/mol. The number of carbonyl (C=O) groups is 1. The van der Waals surface area contributed by atoms with Crippen molar-refractivity contribution < 1.29 is 19.0 Å². The summed E-state index contributed by atoms with van der Waals surface area (Å²) in [6.45, 7) is 6.91. The van der Waals surface area contributed by atoms with E-state index in [-0.39, 0.29) is 6.09 Å². The quantitative estimate of drug-likeness (QED) is 0.770. The predicted molar refractivity (Wildman–Crippen MR) is 82.8 cm³/mol. The van der Waals surface area contributed by atoms with E-state index in [1.54, 1.807) is 12.0 Å². The third-order valence-electron chi connectivity index (χ3n) is 2.98. The van der Waals surface area contributed by atoms with E-state index in [1.807, 2.05) is 32.9 Å². The number of benzene rings is 1. The van der Waals surface area contributed by atoms with Gasteiger partial charge < -0.3 is 19.1 Å². The third-order valence-corrected chi connectivity index (χ3v) is 3.69. The van der Waals surface area contributed by atoms with E-state index in [9.17, 15) is 4.79 Å². The highest BCUT2D eigenvalue weighted by Gasteiger charge is 2.26. The molecule has 21 heavy (non-hydrogen) atoms. The maximum absolute atomic E-state index is 12.2. The van der Waals surface area contributed by atoms with E-state index < -0.39 is 5.60 Å². The Morgan fingerprint density at radius 3 is 2.71 bits per heavy atom. The zero-order valence-electron chi connectivity index (χ0n) is 12.7. The van der Waals surface area contributed by atoms with Crippen LogP contribution in [-0.2, 0) is 11.3 Å². The van der Waals surface area contributed by atoms with Gasteiger partial charge in [-0.15, -0.1) is 0 Å². The van der Waals surface area contributed by atoms with Gasteiger partial charge in [-0.2, -0.15) is 0 Å². The molecular formula is C15H20BrNO4. The van der Waals surface area contributed by atoms with E-state index in [0.29, 0.717) is 25.4 Å². The molecule has 0 saturated heterocycles. The number of nitrogens with zero attached hydrogens (tertiary/aromatic N) is 1. The fourth-order valence-corrected chi connectivity index (χ4v) is 2.55. The van der Waals surface area contributed by atoms with Gasteiger partial charge in [0.25, 0.3) is 0 Å². The van der Waals surface area contributed by atoms with Crippen molar-refractivity contribution in [2.75, 3.05) is 20.3 Å². The summed E-state index contributed by atoms with van der Waals surface area (Å²) in [4.78, 5) is 13.9. The molecule has 1 aliphatic heterocycles. The van der Waals surface area contributed by atoms with Crippen LogP contribution >= 0.6 is 15.9 Å². The monoisotopic (exact) mass is 357 g/mol. The van der Waals surface area contributed by atoms with Crippen molar-refractivity contribution >= 4 is 22.0 Å². The van der Waals surface area contributed by atoms with Gasteiger partial charge in [-0.05, 0) is 26.8 Å². The van der Waals surface area contributed by atoms with Crippen LogP contribution in [0.5, 0.6) is 11.5 Å². The number of carbonyl (C=O) groups excluding carboxylic acids is 1. The van der Waals surface area contributed by atoms with Crippen LogP contribution in [0.2, 0.25) is 0 Å². The Bertz CT molecular complexity index is 539. The molecule has 0 atom stereocenters. The highest BCUT2D eigenvalue weighted by molar-refractivity contribution is 9.10. The summed E-state index contributed by atoms with van der Waals surface area (Å²) in [5.41, 5.74) is 0.406. The molecule has 1 aromatic rings. The van der Waals surface area contributed by atoms with Crippen LogP contribution in [0.4, 0.5) is 4.79 Å². The standard InChI is InChI=1S/C15H20BrNO4/c1-15(2,3)21-14(18)17-5-6-20-13-8-10(19-4)7-12(16)11(13)9-17/h7-8H,5-6,9H2,1-4H3. The Labute approximate surface area is 133 Å². The van der Waals surface area contributed by atoms with Gasteiger partial charge in [-0.1, -0.05) is 15.9 Å². The molecule has 1 heterocycles. The summed E-state index contributed by atoms with van der Waals surface area (Å²) in [5, 5.41) is 0. The molecule has 1 aromatic carbocycles. The van der Waals surface area contributed by atoms with Gasteiger partial charge in [0.05, 0.1) is 20.2 Å². The van der Waals surface area contributed by atoms with Crippen molar-refractivity contribution in [3.8, 4) is 11.5 Å². The zero-order valence-corrected chi connectivity index (χ0v) is 14.3. The number of fused-ring (bicyclic) bond motifs is 1. The summed E-state index contributed by atoms with van der Waals surface area (Å²) in [6, 6.07) is 3.69. The van der Waals surface area contributed by atoms with E-state index in [0.717, 1.165) is 15.8 Å². The lowest BCUT2D eigenvalue weighted by molar-refractivity contribution is 0.0225.